The molecule has 4 heteroatoms. The second kappa shape index (κ2) is 5.40. The fraction of sp³-hybridized carbons (Fsp3) is 0.556. The molecule has 0 radical (unpaired) electrons. The van der Waals surface area contributed by atoms with Gasteiger partial charge in [-0.2, -0.15) is 11.8 Å². The highest BCUT2D eigenvalue weighted by Crippen LogP contribution is 2.18. The molecule has 0 fully saturated rings. The lowest BCUT2D eigenvalue weighted by Crippen LogP contribution is -1.91. The van der Waals surface area contributed by atoms with Crippen LogP contribution in [0.2, 0.25) is 0 Å². The molecule has 13 heavy (non-hydrogen) atoms. The van der Waals surface area contributed by atoms with Crippen molar-refractivity contribution in [2.75, 3.05) is 5.75 Å². The van der Waals surface area contributed by atoms with Crippen molar-refractivity contribution in [2.24, 2.45) is 5.92 Å². The van der Waals surface area contributed by atoms with Gasteiger partial charge in [0, 0.05) is 11.1 Å². The molecule has 0 atom stereocenters. The highest BCUT2D eigenvalue weighted by molar-refractivity contribution is 7.98. The average Bonchev–Trinajstić information content (AvgIpc) is 2.52. The zero-order valence-corrected chi connectivity index (χ0v) is 9.45. The fourth-order valence-electron chi connectivity index (χ4n) is 0.827. The summed E-state index contributed by atoms with van der Waals surface area (Å²) in [5.74, 6) is 2.79. The van der Waals surface area contributed by atoms with Crippen LogP contribution in [0.15, 0.2) is 5.38 Å². The monoisotopic (exact) mass is 215 g/mol. The van der Waals surface area contributed by atoms with Gasteiger partial charge in [0.15, 0.2) is 6.29 Å². The first-order valence-corrected chi connectivity index (χ1v) is 6.23. The van der Waals surface area contributed by atoms with Crippen LogP contribution < -0.4 is 0 Å². The lowest BCUT2D eigenvalue weighted by Gasteiger charge is -2.01. The van der Waals surface area contributed by atoms with Crippen LogP contribution in [-0.2, 0) is 5.75 Å². The summed E-state index contributed by atoms with van der Waals surface area (Å²) in [6.45, 7) is 4.40. The molecule has 0 bridgehead atoms. The molecule has 0 unspecified atom stereocenters. The number of hydrogen-bond acceptors (Lipinski definition) is 4. The lowest BCUT2D eigenvalue weighted by atomic mass is 10.3. The molecule has 1 heterocycles. The molecular formula is C9H13NOS2. The minimum Gasteiger partial charge on any atom is -0.296 e. The van der Waals surface area contributed by atoms with Gasteiger partial charge >= 0.3 is 0 Å². The van der Waals surface area contributed by atoms with E-state index in [-0.39, 0.29) is 0 Å². The van der Waals surface area contributed by atoms with Gasteiger partial charge in [-0.25, -0.2) is 4.98 Å². The van der Waals surface area contributed by atoms with Crippen molar-refractivity contribution in [3.63, 3.8) is 0 Å². The van der Waals surface area contributed by atoms with Gasteiger partial charge < -0.3 is 0 Å². The van der Waals surface area contributed by atoms with Gasteiger partial charge in [-0.3, -0.25) is 4.79 Å². The van der Waals surface area contributed by atoms with E-state index in [1.165, 1.54) is 0 Å². The third kappa shape index (κ3) is 3.91. The van der Waals surface area contributed by atoms with Crippen LogP contribution in [0.25, 0.3) is 0 Å². The summed E-state index contributed by atoms with van der Waals surface area (Å²) in [5, 5.41) is 2.85. The lowest BCUT2D eigenvalue weighted by molar-refractivity contribution is 0.111. The number of carbonyl (C=O) groups excluding carboxylic acids is 1. The summed E-state index contributed by atoms with van der Waals surface area (Å²) in [7, 11) is 0. The molecular weight excluding hydrogens is 202 g/mol. The molecule has 0 saturated carbocycles. The van der Waals surface area contributed by atoms with E-state index in [9.17, 15) is 4.79 Å². The van der Waals surface area contributed by atoms with Crippen molar-refractivity contribution in [1.82, 2.24) is 4.98 Å². The molecule has 0 aliphatic rings. The van der Waals surface area contributed by atoms with Crippen LogP contribution in [0.1, 0.15) is 29.3 Å². The molecule has 0 aromatic carbocycles. The van der Waals surface area contributed by atoms with Crippen LogP contribution in [0.4, 0.5) is 0 Å². The van der Waals surface area contributed by atoms with Crippen LogP contribution in [0.3, 0.4) is 0 Å². The van der Waals surface area contributed by atoms with Crippen LogP contribution in [0, 0.1) is 5.92 Å². The number of hydrogen-bond donors (Lipinski definition) is 0. The Kier molecular flexibility index (Phi) is 4.45. The molecule has 1 aromatic rings. The van der Waals surface area contributed by atoms with Crippen molar-refractivity contribution in [2.45, 2.75) is 19.6 Å². The Morgan fingerprint density at radius 3 is 3.00 bits per heavy atom. The fourth-order valence-corrected chi connectivity index (χ4v) is 2.70. The maximum absolute atomic E-state index is 10.3. The van der Waals surface area contributed by atoms with E-state index in [2.05, 4.69) is 18.8 Å². The zero-order chi connectivity index (χ0) is 9.68. The number of rotatable bonds is 5. The summed E-state index contributed by atoms with van der Waals surface area (Å²) in [6.07, 6.45) is 0.799. The van der Waals surface area contributed by atoms with Gasteiger partial charge in [0.1, 0.15) is 10.7 Å². The van der Waals surface area contributed by atoms with Gasteiger partial charge in [0.25, 0.3) is 0 Å². The largest absolute Gasteiger partial charge is 0.296 e. The predicted octanol–water partition coefficient (Wildman–Crippen LogP) is 2.84. The van der Waals surface area contributed by atoms with Gasteiger partial charge in [-0.15, -0.1) is 11.3 Å². The highest BCUT2D eigenvalue weighted by Gasteiger charge is 2.01. The number of nitrogens with zero attached hydrogens (tertiary/aromatic N) is 1. The topological polar surface area (TPSA) is 30.0 Å². The normalized spacial score (nSPS) is 10.7. The zero-order valence-electron chi connectivity index (χ0n) is 7.82. The molecule has 0 aliphatic carbocycles. The number of aldehydes is 1. The van der Waals surface area contributed by atoms with Crippen LogP contribution in [-0.4, -0.2) is 17.0 Å². The Morgan fingerprint density at radius 2 is 2.46 bits per heavy atom. The Balaban J connectivity index is 2.32. The van der Waals surface area contributed by atoms with E-state index in [1.54, 1.807) is 16.7 Å². The molecule has 0 amide bonds. The summed E-state index contributed by atoms with van der Waals surface area (Å²) < 4.78 is 0. The summed E-state index contributed by atoms with van der Waals surface area (Å²) in [6, 6.07) is 0. The second-order valence-corrected chi connectivity index (χ2v) is 5.17. The van der Waals surface area contributed by atoms with Crippen molar-refractivity contribution in [1.29, 1.82) is 0 Å². The molecule has 72 valence electrons. The Hall–Kier alpha value is -0.350. The molecule has 0 saturated heterocycles. The van der Waals surface area contributed by atoms with Gasteiger partial charge in [-0.1, -0.05) is 13.8 Å². The number of carbonyl (C=O) groups is 1. The first-order valence-electron chi connectivity index (χ1n) is 4.19. The molecule has 2 nitrogen and oxygen atoms in total. The maximum Gasteiger partial charge on any atom is 0.169 e. The number of thioether (sulfide) groups is 1. The van der Waals surface area contributed by atoms with Crippen molar-refractivity contribution >= 4 is 29.4 Å². The SMILES string of the molecule is CC(C)CSCc1nc(C=O)cs1. The smallest absolute Gasteiger partial charge is 0.169 e. The van der Waals surface area contributed by atoms with Crippen molar-refractivity contribution < 1.29 is 4.79 Å². The Bertz CT molecular complexity index is 270. The molecule has 0 spiro atoms. The number of aromatic nitrogens is 1. The summed E-state index contributed by atoms with van der Waals surface area (Å²) >= 11 is 3.43. The van der Waals surface area contributed by atoms with Gasteiger partial charge in [-0.05, 0) is 11.7 Å². The second-order valence-electron chi connectivity index (χ2n) is 3.19. The molecule has 0 aliphatic heterocycles. The molecule has 1 aromatic heterocycles. The van der Waals surface area contributed by atoms with Crippen LogP contribution in [0.5, 0.6) is 0 Å². The highest BCUT2D eigenvalue weighted by atomic mass is 32.2. The van der Waals surface area contributed by atoms with Crippen LogP contribution >= 0.6 is 23.1 Å². The minimum absolute atomic E-state index is 0.560. The number of thiazole rings is 1. The predicted molar refractivity (Wildman–Crippen MR) is 58.5 cm³/mol. The first-order chi connectivity index (χ1) is 6.22. The quantitative estimate of drug-likeness (QED) is 0.707. The van der Waals surface area contributed by atoms with E-state index in [1.807, 2.05) is 11.8 Å². The van der Waals surface area contributed by atoms with E-state index >= 15 is 0 Å². The third-order valence-corrected chi connectivity index (χ3v) is 3.80. The van der Waals surface area contributed by atoms with E-state index in [4.69, 9.17) is 0 Å². The van der Waals surface area contributed by atoms with E-state index < -0.39 is 0 Å². The molecule has 1 rings (SSSR count). The van der Waals surface area contributed by atoms with Gasteiger partial charge in [0.2, 0.25) is 0 Å². The Morgan fingerprint density at radius 1 is 1.69 bits per heavy atom. The average molecular weight is 215 g/mol. The van der Waals surface area contributed by atoms with Gasteiger partial charge in [0.05, 0.1) is 0 Å². The first kappa shape index (κ1) is 10.7. The maximum atomic E-state index is 10.3. The summed E-state index contributed by atoms with van der Waals surface area (Å²) in [5.41, 5.74) is 0.560. The third-order valence-electron chi connectivity index (χ3n) is 1.37. The standard InChI is InChI=1S/C9H13NOS2/c1-7(2)4-12-6-9-10-8(3-11)5-13-9/h3,5,7H,4,6H2,1-2H3. The van der Waals surface area contributed by atoms with E-state index in [0.717, 1.165) is 28.7 Å². The molecule has 0 N–H and O–H groups in total. The van der Waals surface area contributed by atoms with Crippen molar-refractivity contribution in [3.05, 3.63) is 16.1 Å². The van der Waals surface area contributed by atoms with E-state index in [0.29, 0.717) is 5.69 Å². The minimum atomic E-state index is 0.560. The Labute approximate surface area is 86.8 Å². The van der Waals surface area contributed by atoms with Crippen molar-refractivity contribution in [3.8, 4) is 0 Å². The summed E-state index contributed by atoms with van der Waals surface area (Å²) in [4.78, 5) is 14.5.